The Morgan fingerprint density at radius 2 is 2.12 bits per heavy atom. The number of aromatic nitrogens is 2. The number of hydrogen-bond acceptors (Lipinski definition) is 2. The molecule has 0 radical (unpaired) electrons. The van der Waals surface area contributed by atoms with Crippen molar-refractivity contribution in [3.63, 3.8) is 0 Å². The van der Waals surface area contributed by atoms with Crippen molar-refractivity contribution in [2.45, 2.75) is 26.4 Å². The van der Waals surface area contributed by atoms with E-state index < -0.39 is 0 Å². The molecule has 0 spiro atoms. The van der Waals surface area contributed by atoms with E-state index in [0.29, 0.717) is 6.04 Å². The lowest BCUT2D eigenvalue weighted by Gasteiger charge is -2.15. The van der Waals surface area contributed by atoms with Gasteiger partial charge in [0, 0.05) is 31.4 Å². The van der Waals surface area contributed by atoms with E-state index in [4.69, 9.17) is 0 Å². The predicted molar refractivity (Wildman–Crippen MR) is 69.6 cm³/mol. The second-order valence-electron chi connectivity index (χ2n) is 4.48. The van der Waals surface area contributed by atoms with Crippen molar-refractivity contribution >= 4 is 0 Å². The molecule has 17 heavy (non-hydrogen) atoms. The number of benzene rings is 1. The van der Waals surface area contributed by atoms with Gasteiger partial charge in [0.2, 0.25) is 0 Å². The minimum Gasteiger partial charge on any atom is -0.306 e. The van der Waals surface area contributed by atoms with Gasteiger partial charge in [0.05, 0.1) is 6.20 Å². The highest BCUT2D eigenvalue weighted by molar-refractivity contribution is 5.28. The molecular weight excluding hydrogens is 210 g/mol. The molecular formula is C14H19N3. The lowest BCUT2D eigenvalue weighted by Crippen LogP contribution is -2.18. The molecule has 0 aliphatic heterocycles. The molecule has 90 valence electrons. The summed E-state index contributed by atoms with van der Waals surface area (Å²) < 4.78 is 1.83. The summed E-state index contributed by atoms with van der Waals surface area (Å²) in [7, 11) is 1.94. The fourth-order valence-electron chi connectivity index (χ4n) is 2.02. The van der Waals surface area contributed by atoms with Crippen LogP contribution in [0.3, 0.4) is 0 Å². The first kappa shape index (κ1) is 11.9. The van der Waals surface area contributed by atoms with Crippen molar-refractivity contribution in [1.82, 2.24) is 15.1 Å². The third kappa shape index (κ3) is 2.94. The van der Waals surface area contributed by atoms with Crippen LogP contribution in [0.1, 0.15) is 29.7 Å². The molecule has 0 saturated carbocycles. The van der Waals surface area contributed by atoms with Crippen LogP contribution in [0.4, 0.5) is 0 Å². The van der Waals surface area contributed by atoms with E-state index in [2.05, 4.69) is 48.5 Å². The molecule has 1 atom stereocenters. The van der Waals surface area contributed by atoms with E-state index >= 15 is 0 Å². The van der Waals surface area contributed by atoms with Crippen molar-refractivity contribution < 1.29 is 0 Å². The van der Waals surface area contributed by atoms with E-state index in [-0.39, 0.29) is 0 Å². The molecule has 3 nitrogen and oxygen atoms in total. The van der Waals surface area contributed by atoms with Gasteiger partial charge in [-0.25, -0.2) is 0 Å². The van der Waals surface area contributed by atoms with Crippen molar-refractivity contribution in [3.05, 3.63) is 53.3 Å². The zero-order valence-corrected chi connectivity index (χ0v) is 10.6. The smallest absolute Gasteiger partial charge is 0.0534 e. The Balaban J connectivity index is 1.98. The minimum atomic E-state index is 0.358. The maximum Gasteiger partial charge on any atom is 0.0534 e. The fourth-order valence-corrected chi connectivity index (χ4v) is 2.02. The summed E-state index contributed by atoms with van der Waals surface area (Å²) in [5.41, 5.74) is 3.91. The number of nitrogens with zero attached hydrogens (tertiary/aromatic N) is 2. The molecule has 0 unspecified atom stereocenters. The van der Waals surface area contributed by atoms with Crippen LogP contribution in [0.5, 0.6) is 0 Å². The lowest BCUT2D eigenvalue weighted by atomic mass is 10.0. The Bertz CT molecular complexity index is 488. The average Bonchev–Trinajstić information content (AvgIpc) is 2.73. The van der Waals surface area contributed by atoms with Crippen LogP contribution in [0.2, 0.25) is 0 Å². The summed E-state index contributed by atoms with van der Waals surface area (Å²) in [6.45, 7) is 5.19. The quantitative estimate of drug-likeness (QED) is 0.873. The summed E-state index contributed by atoms with van der Waals surface area (Å²) in [6.07, 6.45) is 3.94. The van der Waals surface area contributed by atoms with Crippen molar-refractivity contribution in [3.8, 4) is 0 Å². The molecule has 0 aliphatic rings. The normalized spacial score (nSPS) is 12.6. The van der Waals surface area contributed by atoms with Crippen LogP contribution in [0.15, 0.2) is 36.7 Å². The van der Waals surface area contributed by atoms with Gasteiger partial charge in [-0.1, -0.05) is 24.3 Å². The highest BCUT2D eigenvalue weighted by Gasteiger charge is 2.07. The minimum absolute atomic E-state index is 0.358. The van der Waals surface area contributed by atoms with Crippen LogP contribution in [-0.4, -0.2) is 9.78 Å². The van der Waals surface area contributed by atoms with Crippen LogP contribution < -0.4 is 5.32 Å². The molecule has 2 aromatic rings. The topological polar surface area (TPSA) is 29.9 Å². The molecule has 0 amide bonds. The van der Waals surface area contributed by atoms with Gasteiger partial charge in [0.1, 0.15) is 0 Å². The lowest BCUT2D eigenvalue weighted by molar-refractivity contribution is 0.572. The first-order valence-electron chi connectivity index (χ1n) is 5.93. The second-order valence-corrected chi connectivity index (χ2v) is 4.48. The number of rotatable bonds is 4. The Morgan fingerprint density at radius 1 is 1.35 bits per heavy atom. The van der Waals surface area contributed by atoms with Gasteiger partial charge in [-0.15, -0.1) is 0 Å². The largest absolute Gasteiger partial charge is 0.306 e. The maximum atomic E-state index is 4.16. The summed E-state index contributed by atoms with van der Waals surface area (Å²) in [6, 6.07) is 8.85. The van der Waals surface area contributed by atoms with Gasteiger partial charge in [-0.3, -0.25) is 4.68 Å². The van der Waals surface area contributed by atoms with Gasteiger partial charge < -0.3 is 5.32 Å². The standard InChI is InChI=1S/C14H19N3/c1-11-6-4-5-7-14(11)12(2)15-8-13-9-16-17(3)10-13/h4-7,9-10,12,15H,8H2,1-3H3/t12-/m0/s1. The maximum absolute atomic E-state index is 4.16. The van der Waals surface area contributed by atoms with Gasteiger partial charge in [0.25, 0.3) is 0 Å². The van der Waals surface area contributed by atoms with Crippen molar-refractivity contribution in [2.24, 2.45) is 7.05 Å². The molecule has 0 saturated heterocycles. The SMILES string of the molecule is Cc1ccccc1[C@H](C)NCc1cnn(C)c1. The van der Waals surface area contributed by atoms with Crippen LogP contribution in [0, 0.1) is 6.92 Å². The van der Waals surface area contributed by atoms with Gasteiger partial charge in [-0.05, 0) is 25.0 Å². The number of aryl methyl sites for hydroxylation is 2. The van der Waals surface area contributed by atoms with E-state index in [1.54, 1.807) is 0 Å². The Hall–Kier alpha value is -1.61. The molecule has 0 bridgehead atoms. The van der Waals surface area contributed by atoms with Gasteiger partial charge >= 0.3 is 0 Å². The Labute approximate surface area is 102 Å². The molecule has 1 aromatic heterocycles. The molecule has 0 aliphatic carbocycles. The van der Waals surface area contributed by atoms with Gasteiger partial charge in [0.15, 0.2) is 0 Å². The first-order valence-corrected chi connectivity index (χ1v) is 5.93. The van der Waals surface area contributed by atoms with Crippen molar-refractivity contribution in [2.75, 3.05) is 0 Å². The van der Waals surface area contributed by atoms with E-state index in [9.17, 15) is 0 Å². The van der Waals surface area contributed by atoms with E-state index in [1.807, 2.05) is 24.1 Å². The van der Waals surface area contributed by atoms with Gasteiger partial charge in [-0.2, -0.15) is 5.10 Å². The first-order chi connectivity index (χ1) is 8.16. The monoisotopic (exact) mass is 229 g/mol. The molecule has 2 rings (SSSR count). The zero-order chi connectivity index (χ0) is 12.3. The summed E-state index contributed by atoms with van der Waals surface area (Å²) in [4.78, 5) is 0. The highest BCUT2D eigenvalue weighted by atomic mass is 15.2. The highest BCUT2D eigenvalue weighted by Crippen LogP contribution is 2.16. The molecule has 3 heteroatoms. The number of hydrogen-bond donors (Lipinski definition) is 1. The summed E-state index contributed by atoms with van der Waals surface area (Å²) in [5.74, 6) is 0. The van der Waals surface area contributed by atoms with E-state index in [0.717, 1.165) is 6.54 Å². The molecule has 1 heterocycles. The predicted octanol–water partition coefficient (Wildman–Crippen LogP) is 2.58. The Kier molecular flexibility index (Phi) is 3.59. The Morgan fingerprint density at radius 3 is 2.76 bits per heavy atom. The second kappa shape index (κ2) is 5.15. The fraction of sp³-hybridized carbons (Fsp3) is 0.357. The molecule has 1 aromatic carbocycles. The molecule has 1 N–H and O–H groups in total. The number of nitrogens with one attached hydrogen (secondary N) is 1. The van der Waals surface area contributed by atoms with Crippen LogP contribution in [0.25, 0.3) is 0 Å². The molecule has 0 fully saturated rings. The average molecular weight is 229 g/mol. The third-order valence-electron chi connectivity index (χ3n) is 3.03. The third-order valence-corrected chi connectivity index (χ3v) is 3.03. The van der Waals surface area contributed by atoms with Crippen LogP contribution >= 0.6 is 0 Å². The summed E-state index contributed by atoms with van der Waals surface area (Å²) in [5, 5.41) is 7.68. The van der Waals surface area contributed by atoms with Crippen molar-refractivity contribution in [1.29, 1.82) is 0 Å². The van der Waals surface area contributed by atoms with E-state index in [1.165, 1.54) is 16.7 Å². The zero-order valence-electron chi connectivity index (χ0n) is 10.6. The van der Waals surface area contributed by atoms with Crippen LogP contribution in [-0.2, 0) is 13.6 Å². The summed E-state index contributed by atoms with van der Waals surface area (Å²) >= 11 is 0.